The SMILES string of the molecule is C=C1CN=C(C(C)(C)C)C2(CCOC2=O)C1. The molecule has 0 radical (unpaired) electrons. The molecule has 0 amide bonds. The maximum atomic E-state index is 12.0. The second kappa shape index (κ2) is 3.44. The predicted octanol–water partition coefficient (Wildman–Crippen LogP) is 2.37. The summed E-state index contributed by atoms with van der Waals surface area (Å²) in [6.07, 6.45) is 1.46. The number of rotatable bonds is 0. The molecule has 2 rings (SSSR count). The Kier molecular flexibility index (Phi) is 2.44. The number of cyclic esters (lactones) is 1. The van der Waals surface area contributed by atoms with Gasteiger partial charge in [-0.1, -0.05) is 32.9 Å². The Balaban J connectivity index is 2.48. The van der Waals surface area contributed by atoms with E-state index in [0.717, 1.165) is 17.7 Å². The standard InChI is InChI=1S/C13H19NO2/c1-9-7-13(5-6-16-11(13)15)10(14-8-9)12(2,3)4/h1,5-8H2,2-4H3. The van der Waals surface area contributed by atoms with Crippen LogP contribution in [-0.2, 0) is 9.53 Å². The largest absolute Gasteiger partial charge is 0.465 e. The molecule has 1 unspecified atom stereocenters. The Hall–Kier alpha value is -1.12. The van der Waals surface area contributed by atoms with Crippen LogP contribution in [0.5, 0.6) is 0 Å². The van der Waals surface area contributed by atoms with Crippen LogP contribution in [0.3, 0.4) is 0 Å². The number of carbonyl (C=O) groups is 1. The molecule has 16 heavy (non-hydrogen) atoms. The average Bonchev–Trinajstić information content (AvgIpc) is 2.46. The third-order valence-corrected chi connectivity index (χ3v) is 3.33. The number of hydrogen-bond acceptors (Lipinski definition) is 3. The highest BCUT2D eigenvalue weighted by Crippen LogP contribution is 2.45. The number of hydrogen-bond donors (Lipinski definition) is 0. The molecule has 88 valence electrons. The van der Waals surface area contributed by atoms with Gasteiger partial charge in [-0.25, -0.2) is 0 Å². The number of esters is 1. The van der Waals surface area contributed by atoms with Crippen molar-refractivity contribution in [2.75, 3.05) is 13.2 Å². The molecule has 2 aliphatic heterocycles. The first-order valence-electron chi connectivity index (χ1n) is 5.75. The Labute approximate surface area is 96.6 Å². The Bertz CT molecular complexity index is 376. The average molecular weight is 221 g/mol. The van der Waals surface area contributed by atoms with Gasteiger partial charge in [0.15, 0.2) is 0 Å². The molecule has 1 fully saturated rings. The molecule has 2 aliphatic rings. The zero-order chi connectivity index (χ0) is 12.0. The van der Waals surface area contributed by atoms with Gasteiger partial charge in [-0.2, -0.15) is 0 Å². The summed E-state index contributed by atoms with van der Waals surface area (Å²) < 4.78 is 5.16. The third-order valence-electron chi connectivity index (χ3n) is 3.33. The second-order valence-corrected chi connectivity index (χ2v) is 5.81. The molecule has 0 aromatic carbocycles. The number of nitrogens with zero attached hydrogens (tertiary/aromatic N) is 1. The van der Waals surface area contributed by atoms with E-state index in [1.807, 2.05) is 0 Å². The fourth-order valence-electron chi connectivity index (χ4n) is 2.80. The van der Waals surface area contributed by atoms with Crippen LogP contribution in [0.2, 0.25) is 0 Å². The Morgan fingerprint density at radius 3 is 2.62 bits per heavy atom. The van der Waals surface area contributed by atoms with Gasteiger partial charge in [0.05, 0.1) is 13.2 Å². The molecule has 0 aromatic rings. The maximum Gasteiger partial charge on any atom is 0.318 e. The fraction of sp³-hybridized carbons (Fsp3) is 0.692. The van der Waals surface area contributed by atoms with Gasteiger partial charge >= 0.3 is 5.97 Å². The van der Waals surface area contributed by atoms with Gasteiger partial charge in [-0.3, -0.25) is 9.79 Å². The van der Waals surface area contributed by atoms with Crippen LogP contribution >= 0.6 is 0 Å². The lowest BCUT2D eigenvalue weighted by Crippen LogP contribution is -2.45. The van der Waals surface area contributed by atoms with Crippen molar-refractivity contribution < 1.29 is 9.53 Å². The molecule has 0 bridgehead atoms. The molecule has 0 aromatic heterocycles. The van der Waals surface area contributed by atoms with Crippen molar-refractivity contribution in [3.05, 3.63) is 12.2 Å². The number of ether oxygens (including phenoxy) is 1. The minimum Gasteiger partial charge on any atom is -0.465 e. The van der Waals surface area contributed by atoms with Gasteiger partial charge in [0.25, 0.3) is 0 Å². The van der Waals surface area contributed by atoms with Crippen molar-refractivity contribution in [1.82, 2.24) is 0 Å². The normalized spacial score (nSPS) is 30.6. The molecule has 3 nitrogen and oxygen atoms in total. The van der Waals surface area contributed by atoms with Crippen LogP contribution in [0.15, 0.2) is 17.1 Å². The summed E-state index contributed by atoms with van der Waals surface area (Å²) in [5.41, 5.74) is 1.44. The molecule has 0 N–H and O–H groups in total. The van der Waals surface area contributed by atoms with Crippen molar-refractivity contribution in [2.45, 2.75) is 33.6 Å². The number of aliphatic imine (C=N–C) groups is 1. The molecule has 0 aliphatic carbocycles. The third kappa shape index (κ3) is 1.58. The lowest BCUT2D eigenvalue weighted by atomic mass is 9.66. The second-order valence-electron chi connectivity index (χ2n) is 5.81. The molecule has 0 saturated carbocycles. The van der Waals surface area contributed by atoms with E-state index in [2.05, 4.69) is 32.3 Å². The summed E-state index contributed by atoms with van der Waals surface area (Å²) >= 11 is 0. The van der Waals surface area contributed by atoms with E-state index in [-0.39, 0.29) is 11.4 Å². The fourth-order valence-corrected chi connectivity index (χ4v) is 2.80. The zero-order valence-corrected chi connectivity index (χ0v) is 10.3. The van der Waals surface area contributed by atoms with Crippen LogP contribution in [0, 0.1) is 10.8 Å². The first-order valence-corrected chi connectivity index (χ1v) is 5.75. The van der Waals surface area contributed by atoms with E-state index in [1.54, 1.807) is 0 Å². The first-order chi connectivity index (χ1) is 7.36. The van der Waals surface area contributed by atoms with E-state index < -0.39 is 5.41 Å². The molecular formula is C13H19NO2. The highest BCUT2D eigenvalue weighted by molar-refractivity contribution is 6.10. The van der Waals surface area contributed by atoms with Gasteiger partial charge in [0.1, 0.15) is 5.41 Å². The lowest BCUT2D eigenvalue weighted by molar-refractivity contribution is -0.143. The van der Waals surface area contributed by atoms with E-state index in [4.69, 9.17) is 4.74 Å². The highest BCUT2D eigenvalue weighted by Gasteiger charge is 2.53. The predicted molar refractivity (Wildman–Crippen MR) is 63.5 cm³/mol. The Morgan fingerprint density at radius 1 is 1.44 bits per heavy atom. The highest BCUT2D eigenvalue weighted by atomic mass is 16.5. The van der Waals surface area contributed by atoms with Gasteiger partial charge in [-0.05, 0) is 6.42 Å². The summed E-state index contributed by atoms with van der Waals surface area (Å²) in [4.78, 5) is 16.6. The quantitative estimate of drug-likeness (QED) is 0.465. The summed E-state index contributed by atoms with van der Waals surface area (Å²) in [6, 6.07) is 0. The summed E-state index contributed by atoms with van der Waals surface area (Å²) in [5, 5.41) is 0. The smallest absolute Gasteiger partial charge is 0.318 e. The van der Waals surface area contributed by atoms with Crippen LogP contribution in [0.1, 0.15) is 33.6 Å². The van der Waals surface area contributed by atoms with E-state index in [1.165, 1.54) is 0 Å². The van der Waals surface area contributed by atoms with Crippen molar-refractivity contribution >= 4 is 11.7 Å². The van der Waals surface area contributed by atoms with Crippen molar-refractivity contribution in [3.63, 3.8) is 0 Å². The minimum absolute atomic E-state index is 0.0793. The Morgan fingerprint density at radius 2 is 2.12 bits per heavy atom. The molecule has 3 heteroatoms. The van der Waals surface area contributed by atoms with Crippen molar-refractivity contribution in [3.8, 4) is 0 Å². The molecule has 1 saturated heterocycles. The minimum atomic E-state index is -0.506. The van der Waals surface area contributed by atoms with E-state index in [0.29, 0.717) is 19.6 Å². The van der Waals surface area contributed by atoms with Crippen molar-refractivity contribution in [1.29, 1.82) is 0 Å². The summed E-state index contributed by atoms with van der Waals surface area (Å²) in [5.74, 6) is -0.109. The topological polar surface area (TPSA) is 38.7 Å². The van der Waals surface area contributed by atoms with Gasteiger partial charge in [0.2, 0.25) is 0 Å². The van der Waals surface area contributed by atoms with Gasteiger partial charge in [0, 0.05) is 17.5 Å². The maximum absolute atomic E-state index is 12.0. The van der Waals surface area contributed by atoms with Crippen LogP contribution in [0.4, 0.5) is 0 Å². The summed E-state index contributed by atoms with van der Waals surface area (Å²) in [7, 11) is 0. The zero-order valence-electron chi connectivity index (χ0n) is 10.3. The molecule has 2 heterocycles. The van der Waals surface area contributed by atoms with Crippen molar-refractivity contribution in [2.24, 2.45) is 15.8 Å². The monoisotopic (exact) mass is 221 g/mol. The molecular weight excluding hydrogens is 202 g/mol. The lowest BCUT2D eigenvalue weighted by Gasteiger charge is -2.38. The van der Waals surface area contributed by atoms with E-state index in [9.17, 15) is 4.79 Å². The van der Waals surface area contributed by atoms with Gasteiger partial charge in [-0.15, -0.1) is 0 Å². The van der Waals surface area contributed by atoms with Gasteiger partial charge < -0.3 is 4.74 Å². The molecule has 1 spiro atoms. The molecule has 1 atom stereocenters. The first kappa shape index (κ1) is 11.4. The van der Waals surface area contributed by atoms with Crippen LogP contribution in [-0.4, -0.2) is 24.8 Å². The van der Waals surface area contributed by atoms with E-state index >= 15 is 0 Å². The van der Waals surface area contributed by atoms with Crippen LogP contribution in [0.25, 0.3) is 0 Å². The van der Waals surface area contributed by atoms with Crippen LogP contribution < -0.4 is 0 Å². The number of carbonyl (C=O) groups excluding carboxylic acids is 1. The summed E-state index contributed by atoms with van der Waals surface area (Å²) in [6.45, 7) is 11.5.